The SMILES string of the molecule is Cn1c(=O)c2c(ncn2CC(=O)Nc2nnc(C(C)(C)C)s2)n(C)c1=O. The molecule has 1 N–H and O–H groups in total. The van der Waals surface area contributed by atoms with Crippen LogP contribution in [-0.4, -0.2) is 34.8 Å². The van der Waals surface area contributed by atoms with E-state index < -0.39 is 11.2 Å². The van der Waals surface area contributed by atoms with Crippen molar-refractivity contribution in [1.29, 1.82) is 0 Å². The van der Waals surface area contributed by atoms with Crippen LogP contribution >= 0.6 is 11.3 Å². The van der Waals surface area contributed by atoms with Gasteiger partial charge in [0.2, 0.25) is 11.0 Å². The van der Waals surface area contributed by atoms with E-state index in [2.05, 4.69) is 20.5 Å². The third-order valence-electron chi connectivity index (χ3n) is 3.84. The molecule has 0 saturated heterocycles. The number of aromatic nitrogens is 6. The lowest BCUT2D eigenvalue weighted by molar-refractivity contribution is -0.116. The number of carbonyl (C=O) groups is 1. The number of fused-ring (bicyclic) bond motifs is 1. The van der Waals surface area contributed by atoms with Gasteiger partial charge >= 0.3 is 5.69 Å². The molecular formula is C15H19N7O3S. The number of aryl methyl sites for hydroxylation is 1. The molecule has 3 rings (SSSR count). The molecule has 1 amide bonds. The summed E-state index contributed by atoms with van der Waals surface area (Å²) in [6, 6.07) is 0. The van der Waals surface area contributed by atoms with Crippen LogP contribution in [0.1, 0.15) is 25.8 Å². The Bertz CT molecular complexity index is 1110. The second-order valence-corrected chi connectivity index (χ2v) is 7.94. The van der Waals surface area contributed by atoms with Crippen LogP contribution in [0.15, 0.2) is 15.9 Å². The number of carbonyl (C=O) groups excluding carboxylic acids is 1. The summed E-state index contributed by atoms with van der Waals surface area (Å²) in [7, 11) is 2.91. The van der Waals surface area contributed by atoms with Gasteiger partial charge in [-0.2, -0.15) is 0 Å². The second kappa shape index (κ2) is 6.16. The Labute approximate surface area is 152 Å². The van der Waals surface area contributed by atoms with E-state index in [1.54, 1.807) is 0 Å². The molecule has 3 aromatic heterocycles. The normalized spacial score (nSPS) is 11.9. The van der Waals surface area contributed by atoms with Crippen molar-refractivity contribution in [1.82, 2.24) is 28.9 Å². The van der Waals surface area contributed by atoms with E-state index in [-0.39, 0.29) is 29.0 Å². The molecule has 3 heterocycles. The van der Waals surface area contributed by atoms with Crippen LogP contribution in [0, 0.1) is 0 Å². The summed E-state index contributed by atoms with van der Waals surface area (Å²) in [5.41, 5.74) is -0.701. The fraction of sp³-hybridized carbons (Fsp3) is 0.467. The highest BCUT2D eigenvalue weighted by atomic mass is 32.1. The van der Waals surface area contributed by atoms with Crippen LogP contribution in [0.3, 0.4) is 0 Å². The highest BCUT2D eigenvalue weighted by molar-refractivity contribution is 7.15. The van der Waals surface area contributed by atoms with E-state index in [1.807, 2.05) is 20.8 Å². The summed E-state index contributed by atoms with van der Waals surface area (Å²) in [6.07, 6.45) is 1.37. The molecule has 11 heteroatoms. The van der Waals surface area contributed by atoms with Gasteiger partial charge in [0, 0.05) is 19.5 Å². The van der Waals surface area contributed by atoms with Crippen molar-refractivity contribution in [3.8, 4) is 0 Å². The molecule has 0 aliphatic carbocycles. The van der Waals surface area contributed by atoms with Crippen molar-refractivity contribution in [2.75, 3.05) is 5.32 Å². The number of rotatable bonds is 3. The summed E-state index contributed by atoms with van der Waals surface area (Å²) in [6.45, 7) is 5.90. The Morgan fingerprint density at radius 1 is 1.19 bits per heavy atom. The predicted molar refractivity (Wildman–Crippen MR) is 97.5 cm³/mol. The summed E-state index contributed by atoms with van der Waals surface area (Å²) in [5, 5.41) is 11.9. The molecule has 3 aromatic rings. The molecule has 10 nitrogen and oxygen atoms in total. The molecular weight excluding hydrogens is 358 g/mol. The average molecular weight is 377 g/mol. The van der Waals surface area contributed by atoms with E-state index in [9.17, 15) is 14.4 Å². The highest BCUT2D eigenvalue weighted by Crippen LogP contribution is 2.27. The first-order chi connectivity index (χ1) is 12.1. The van der Waals surface area contributed by atoms with Crippen LogP contribution in [0.25, 0.3) is 11.2 Å². The molecule has 0 aliphatic rings. The van der Waals surface area contributed by atoms with Crippen molar-refractivity contribution in [2.24, 2.45) is 14.1 Å². The van der Waals surface area contributed by atoms with E-state index in [0.717, 1.165) is 9.57 Å². The largest absolute Gasteiger partial charge is 0.332 e. The highest BCUT2D eigenvalue weighted by Gasteiger charge is 2.21. The van der Waals surface area contributed by atoms with Gasteiger partial charge in [-0.25, -0.2) is 9.78 Å². The summed E-state index contributed by atoms with van der Waals surface area (Å²) < 4.78 is 3.67. The Hall–Kier alpha value is -2.82. The summed E-state index contributed by atoms with van der Waals surface area (Å²) in [4.78, 5) is 40.7. The number of amides is 1. The van der Waals surface area contributed by atoms with Gasteiger partial charge in [0.15, 0.2) is 11.2 Å². The minimum atomic E-state index is -0.501. The van der Waals surface area contributed by atoms with Gasteiger partial charge in [-0.3, -0.25) is 24.0 Å². The fourth-order valence-corrected chi connectivity index (χ4v) is 3.22. The topological polar surface area (TPSA) is 117 Å². The molecule has 0 spiro atoms. The number of anilines is 1. The number of nitrogens with zero attached hydrogens (tertiary/aromatic N) is 6. The Morgan fingerprint density at radius 2 is 1.88 bits per heavy atom. The summed E-state index contributed by atoms with van der Waals surface area (Å²) in [5.74, 6) is -0.364. The van der Waals surface area contributed by atoms with Gasteiger partial charge in [0.1, 0.15) is 11.6 Å². The second-order valence-electron chi connectivity index (χ2n) is 6.96. The zero-order valence-electron chi connectivity index (χ0n) is 15.1. The number of nitrogens with one attached hydrogen (secondary N) is 1. The molecule has 0 bridgehead atoms. The monoisotopic (exact) mass is 377 g/mol. The van der Waals surface area contributed by atoms with E-state index in [1.165, 1.54) is 40.9 Å². The van der Waals surface area contributed by atoms with Gasteiger partial charge in [-0.15, -0.1) is 10.2 Å². The third-order valence-corrected chi connectivity index (χ3v) is 5.11. The van der Waals surface area contributed by atoms with Gasteiger partial charge in [0.05, 0.1) is 6.33 Å². The van der Waals surface area contributed by atoms with Crippen molar-refractivity contribution < 1.29 is 4.79 Å². The van der Waals surface area contributed by atoms with Gasteiger partial charge in [-0.05, 0) is 0 Å². The van der Waals surface area contributed by atoms with Crippen LogP contribution in [-0.2, 0) is 30.8 Å². The average Bonchev–Trinajstić information content (AvgIpc) is 3.18. The first-order valence-electron chi connectivity index (χ1n) is 7.84. The molecule has 0 fully saturated rings. The Balaban J connectivity index is 1.88. The zero-order valence-corrected chi connectivity index (χ0v) is 15.9. The van der Waals surface area contributed by atoms with Crippen molar-refractivity contribution in [2.45, 2.75) is 32.7 Å². The fourth-order valence-electron chi connectivity index (χ4n) is 2.41. The maximum atomic E-state index is 12.4. The molecule has 0 radical (unpaired) electrons. The van der Waals surface area contributed by atoms with Crippen molar-refractivity contribution in [3.63, 3.8) is 0 Å². The smallest absolute Gasteiger partial charge is 0.315 e. The maximum absolute atomic E-state index is 12.4. The summed E-state index contributed by atoms with van der Waals surface area (Å²) >= 11 is 1.30. The van der Waals surface area contributed by atoms with Crippen molar-refractivity contribution in [3.05, 3.63) is 32.2 Å². The first kappa shape index (κ1) is 18.0. The van der Waals surface area contributed by atoms with Gasteiger partial charge < -0.3 is 4.57 Å². The van der Waals surface area contributed by atoms with Crippen LogP contribution < -0.4 is 16.6 Å². The standard InChI is InChI=1S/C15H19N7O3S/c1-15(2,3)12-18-19-13(26-12)17-8(23)6-22-7-16-10-9(22)11(24)21(5)14(25)20(10)4/h7H,6H2,1-5H3,(H,17,19,23). The van der Waals surface area contributed by atoms with Gasteiger partial charge in [-0.1, -0.05) is 32.1 Å². The maximum Gasteiger partial charge on any atom is 0.332 e. The quantitative estimate of drug-likeness (QED) is 0.698. The third kappa shape index (κ3) is 3.05. The molecule has 0 saturated carbocycles. The van der Waals surface area contributed by atoms with E-state index in [0.29, 0.717) is 5.13 Å². The minimum absolute atomic E-state index is 0.131. The van der Waals surface area contributed by atoms with Gasteiger partial charge in [0.25, 0.3) is 5.56 Å². The lowest BCUT2D eigenvalue weighted by Crippen LogP contribution is -2.37. The van der Waals surface area contributed by atoms with Crippen LogP contribution in [0.4, 0.5) is 5.13 Å². The molecule has 0 aliphatic heterocycles. The lowest BCUT2D eigenvalue weighted by Gasteiger charge is -2.12. The predicted octanol–water partition coefficient (Wildman–Crippen LogP) is 0.221. The number of hydrogen-bond donors (Lipinski definition) is 1. The molecule has 0 unspecified atom stereocenters. The van der Waals surface area contributed by atoms with Crippen molar-refractivity contribution >= 4 is 33.5 Å². The molecule has 138 valence electrons. The molecule has 26 heavy (non-hydrogen) atoms. The van der Waals surface area contributed by atoms with E-state index in [4.69, 9.17) is 0 Å². The number of hydrogen-bond acceptors (Lipinski definition) is 7. The molecule has 0 aromatic carbocycles. The Kier molecular flexibility index (Phi) is 4.26. The Morgan fingerprint density at radius 3 is 2.50 bits per heavy atom. The van der Waals surface area contributed by atoms with E-state index >= 15 is 0 Å². The minimum Gasteiger partial charge on any atom is -0.315 e. The lowest BCUT2D eigenvalue weighted by atomic mass is 9.98. The van der Waals surface area contributed by atoms with Crippen LogP contribution in [0.5, 0.6) is 0 Å². The van der Waals surface area contributed by atoms with Crippen LogP contribution in [0.2, 0.25) is 0 Å². The molecule has 0 atom stereocenters. The first-order valence-corrected chi connectivity index (χ1v) is 8.66. The number of imidazole rings is 1. The zero-order chi connectivity index (χ0) is 19.2.